The third-order valence-electron chi connectivity index (χ3n) is 9.79. The van der Waals surface area contributed by atoms with Crippen molar-refractivity contribution in [2.75, 3.05) is 0 Å². The van der Waals surface area contributed by atoms with Crippen molar-refractivity contribution in [3.63, 3.8) is 0 Å². The summed E-state index contributed by atoms with van der Waals surface area (Å²) in [6, 6.07) is 29.2. The smallest absolute Gasteiger partial charge is 1.00 e. The number of hydrogen-bond donors (Lipinski definition) is 0. The van der Waals surface area contributed by atoms with Crippen LogP contribution >= 0.6 is 0 Å². The van der Waals surface area contributed by atoms with Gasteiger partial charge in [-0.1, -0.05) is 49.0 Å². The average Bonchev–Trinajstić information content (AvgIpc) is 3.70. The summed E-state index contributed by atoms with van der Waals surface area (Å²) in [5, 5.41) is 1.72. The van der Waals surface area contributed by atoms with Gasteiger partial charge >= 0.3 is 156 Å². The molecule has 2 aliphatic heterocycles. The average molecular weight is 717 g/mol. The Hall–Kier alpha value is -1.90. The number of rotatable bonds is 7. The largest absolute Gasteiger partial charge is 1.00 e. The number of hydrogen-bond acceptors (Lipinski definition) is 0. The Morgan fingerprint density at radius 1 is 0.841 bits per heavy atom. The van der Waals surface area contributed by atoms with Gasteiger partial charge in [0.15, 0.2) is 0 Å². The van der Waals surface area contributed by atoms with E-state index >= 15 is 0 Å². The Balaban J connectivity index is 0.000000198. The molecule has 2 bridgehead atoms. The van der Waals surface area contributed by atoms with Crippen molar-refractivity contribution in [2.24, 2.45) is 5.92 Å². The van der Waals surface area contributed by atoms with Gasteiger partial charge in [-0.05, 0) is 30.7 Å². The number of allylic oxidation sites excluding steroid dienone is 2. The van der Waals surface area contributed by atoms with Gasteiger partial charge in [0, 0.05) is 23.1 Å². The number of unbranched alkanes of at least 4 members (excludes halogenated alkanes) is 2. The third kappa shape index (κ3) is 6.12. The van der Waals surface area contributed by atoms with Crippen LogP contribution in [0.3, 0.4) is 0 Å². The topological polar surface area (TPSA) is 4.93 Å². The Morgan fingerprint density at radius 3 is 2.18 bits per heavy atom. The molecule has 1 aromatic heterocycles. The summed E-state index contributed by atoms with van der Waals surface area (Å²) in [4.78, 5) is 0. The molecule has 4 aromatic rings. The first-order valence-corrected chi connectivity index (χ1v) is 20.4. The molecule has 4 aliphatic rings. The molecule has 227 valence electrons. The van der Waals surface area contributed by atoms with Crippen LogP contribution < -0.4 is 24.8 Å². The van der Waals surface area contributed by atoms with Gasteiger partial charge in [-0.15, -0.1) is 0 Å². The van der Waals surface area contributed by atoms with E-state index in [-0.39, 0.29) is 24.8 Å². The van der Waals surface area contributed by atoms with Crippen molar-refractivity contribution in [1.29, 1.82) is 0 Å². The Morgan fingerprint density at radius 2 is 1.55 bits per heavy atom. The van der Waals surface area contributed by atoms with Crippen molar-refractivity contribution >= 4 is 19.3 Å². The van der Waals surface area contributed by atoms with Crippen molar-refractivity contribution < 1.29 is 49.5 Å². The zero-order valence-corrected chi connectivity index (χ0v) is 31.9. The molecule has 0 radical (unpaired) electrons. The van der Waals surface area contributed by atoms with Gasteiger partial charge < -0.3 is 29.4 Å². The van der Waals surface area contributed by atoms with Gasteiger partial charge in [0.2, 0.25) is 0 Å². The molecule has 0 saturated carbocycles. The number of para-hydroxylation sites is 1. The summed E-state index contributed by atoms with van der Waals surface area (Å²) in [6.07, 6.45) is 9.83. The van der Waals surface area contributed by atoms with Gasteiger partial charge in [-0.3, -0.25) is 0 Å². The maximum atomic E-state index is 2.51. The Kier molecular flexibility index (Phi) is 11.3. The summed E-state index contributed by atoms with van der Waals surface area (Å²) < 4.78 is 3.04. The number of aryl methyl sites for hydroxylation is 1. The molecule has 0 fully saturated rings. The quantitative estimate of drug-likeness (QED) is 0.190. The SMILES string of the molecule is CC1=C2c3ccn(-c4ccccc4)c3C1[Si]2(C)C.CCCCCc1ccc(-c2cccc3c2C=C(C(C)C)[CH]3[Zr+2])cc1.[Cl-].[Cl-]. The van der Waals surface area contributed by atoms with Gasteiger partial charge in [0.05, 0.1) is 8.07 Å². The predicted molar refractivity (Wildman–Crippen MR) is 179 cm³/mol. The van der Waals surface area contributed by atoms with Crippen molar-refractivity contribution in [2.45, 2.75) is 75.6 Å². The first kappa shape index (κ1) is 35.0. The van der Waals surface area contributed by atoms with E-state index in [0.717, 1.165) is 5.54 Å². The molecule has 1 nitrogen and oxygen atoms in total. The van der Waals surface area contributed by atoms with E-state index in [0.29, 0.717) is 9.54 Å². The summed E-state index contributed by atoms with van der Waals surface area (Å²) in [5.41, 5.74) is 15.6. The first-order chi connectivity index (χ1) is 20.2. The minimum Gasteiger partial charge on any atom is -1.00 e. The molecule has 0 N–H and O–H groups in total. The number of nitrogens with zero attached hydrogens (tertiary/aromatic N) is 1. The van der Waals surface area contributed by atoms with E-state index in [9.17, 15) is 0 Å². The molecule has 3 aromatic carbocycles. The maximum absolute atomic E-state index is 2.51. The van der Waals surface area contributed by atoms with E-state index in [2.05, 4.69) is 136 Å². The van der Waals surface area contributed by atoms with Crippen molar-refractivity contribution in [3.05, 3.63) is 124 Å². The van der Waals surface area contributed by atoms with Crippen LogP contribution in [0.25, 0.3) is 28.1 Å². The van der Waals surface area contributed by atoms with Crippen LogP contribution in [0.15, 0.2) is 96.2 Å². The molecule has 2 atom stereocenters. The second kappa shape index (κ2) is 14.3. The van der Waals surface area contributed by atoms with Gasteiger partial charge in [-0.2, -0.15) is 0 Å². The second-order valence-electron chi connectivity index (χ2n) is 13.2. The van der Waals surface area contributed by atoms with Gasteiger partial charge in [0.25, 0.3) is 0 Å². The van der Waals surface area contributed by atoms with E-state index < -0.39 is 8.07 Å². The van der Waals surface area contributed by atoms with Crippen molar-refractivity contribution in [3.8, 4) is 16.8 Å². The molecule has 3 heterocycles. The van der Waals surface area contributed by atoms with Crippen LogP contribution in [0.2, 0.25) is 13.1 Å². The van der Waals surface area contributed by atoms with Crippen LogP contribution in [-0.2, 0) is 31.1 Å². The molecule has 2 aliphatic carbocycles. The van der Waals surface area contributed by atoms with Gasteiger partial charge in [0.1, 0.15) is 0 Å². The van der Waals surface area contributed by atoms with Crippen LogP contribution in [0.1, 0.15) is 84.1 Å². The maximum Gasteiger partial charge on any atom is -1.00 e. The van der Waals surface area contributed by atoms with E-state index in [1.165, 1.54) is 64.8 Å². The van der Waals surface area contributed by atoms with E-state index in [4.69, 9.17) is 0 Å². The molecular weight excluding hydrogens is 673 g/mol. The normalized spacial score (nSPS) is 18.3. The molecule has 44 heavy (non-hydrogen) atoms. The van der Waals surface area contributed by atoms with E-state index in [1.807, 2.05) is 0 Å². The molecule has 0 amide bonds. The summed E-state index contributed by atoms with van der Waals surface area (Å²) >= 11 is 1.60. The van der Waals surface area contributed by atoms with Gasteiger partial charge in [-0.25, -0.2) is 0 Å². The Bertz CT molecular complexity index is 1660. The van der Waals surface area contributed by atoms with Crippen molar-refractivity contribution in [1.82, 2.24) is 4.57 Å². The zero-order chi connectivity index (χ0) is 29.6. The molecule has 0 spiro atoms. The summed E-state index contributed by atoms with van der Waals surface area (Å²) in [5.74, 6) is 0.635. The molecular formula is C39H44Cl2NSiZr. The fourth-order valence-corrected chi connectivity index (χ4v) is 13.7. The monoisotopic (exact) mass is 714 g/mol. The van der Waals surface area contributed by atoms with Crippen LogP contribution in [0, 0.1) is 5.92 Å². The van der Waals surface area contributed by atoms with Crippen LogP contribution in [0.5, 0.6) is 0 Å². The minimum atomic E-state index is -1.17. The standard InChI is InChI=1S/C23H27.C16H17NSi.2ClH.Zr/c1-4-5-6-8-18-11-13-19(14-12-18)22-10-7-9-20-15-21(17(2)3)16-23(20)22;1-11-15-13-9-10-17(12-7-5-4-6-8-12)14(13)16(11)18(15,2)3;;;/h7,9-17H,4-6,8H2,1-3H3;4-10,16H,1-3H3;2*1H;/q;;;;+2/p-2. The Labute approximate surface area is 293 Å². The zero-order valence-electron chi connectivity index (χ0n) is 26.9. The molecule has 0 saturated heterocycles. The first-order valence-electron chi connectivity index (χ1n) is 15.9. The van der Waals surface area contributed by atoms with E-state index in [1.54, 1.807) is 46.8 Å². The fraction of sp³-hybridized carbons (Fsp3) is 0.333. The van der Waals surface area contributed by atoms with Crippen LogP contribution in [0.4, 0.5) is 0 Å². The third-order valence-corrected chi connectivity index (χ3v) is 15.5. The number of aromatic nitrogens is 1. The number of benzene rings is 3. The number of fused-ring (bicyclic) bond motifs is 1. The fourth-order valence-electron chi connectivity index (χ4n) is 7.74. The molecule has 2 unspecified atom stereocenters. The molecule has 8 rings (SSSR count). The van der Waals surface area contributed by atoms with Crippen LogP contribution in [-0.4, -0.2) is 12.6 Å². The summed E-state index contributed by atoms with van der Waals surface area (Å²) in [7, 11) is -1.17. The second-order valence-corrected chi connectivity index (χ2v) is 19.2. The molecule has 5 heteroatoms. The summed E-state index contributed by atoms with van der Waals surface area (Å²) in [6.45, 7) is 14.2. The predicted octanol–water partition coefficient (Wildman–Crippen LogP) is 4.88. The minimum absolute atomic E-state index is 0. The number of halogens is 2.